The summed E-state index contributed by atoms with van der Waals surface area (Å²) >= 11 is 1.64. The van der Waals surface area contributed by atoms with Crippen LogP contribution in [0.15, 0.2) is 40.3 Å². The number of nitrogens with two attached hydrogens (primary N) is 1. The number of anilines is 1. The van der Waals surface area contributed by atoms with Gasteiger partial charge in [-0.25, -0.2) is 9.97 Å². The van der Waals surface area contributed by atoms with Gasteiger partial charge in [-0.15, -0.1) is 0 Å². The van der Waals surface area contributed by atoms with Gasteiger partial charge in [0.25, 0.3) is 0 Å². The first kappa shape index (κ1) is 11.5. The summed E-state index contributed by atoms with van der Waals surface area (Å²) in [6.07, 6.45) is 2.39. The third kappa shape index (κ3) is 2.64. The average Bonchev–Trinajstić information content (AvgIpc) is 3.15. The lowest BCUT2D eigenvalue weighted by Gasteiger charge is -2.05. The fraction of sp³-hybridized carbons (Fsp3) is 0.286. The molecule has 92 valence electrons. The number of benzene rings is 1. The number of rotatable bonds is 3. The standard InChI is InChI=1S/C14H15N3S/c1-9-2-6-11(7-3-9)18-13-8-12(15)16-14(17-13)10-4-5-10/h2-3,6-8,10H,4-5H2,1H3,(H2,15,16,17). The first-order valence-electron chi connectivity index (χ1n) is 6.10. The Labute approximate surface area is 111 Å². The third-order valence-corrected chi connectivity index (χ3v) is 3.85. The Hall–Kier alpha value is -1.55. The van der Waals surface area contributed by atoms with Crippen LogP contribution in [0, 0.1) is 6.92 Å². The summed E-state index contributed by atoms with van der Waals surface area (Å²) in [5.41, 5.74) is 7.10. The van der Waals surface area contributed by atoms with E-state index in [0.29, 0.717) is 11.7 Å². The summed E-state index contributed by atoms with van der Waals surface area (Å²) in [5.74, 6) is 2.01. The lowest BCUT2D eigenvalue weighted by Crippen LogP contribution is -1.99. The minimum atomic E-state index is 0.533. The molecule has 0 atom stereocenters. The van der Waals surface area contributed by atoms with E-state index in [1.807, 2.05) is 6.07 Å². The van der Waals surface area contributed by atoms with Crippen LogP contribution in [0.2, 0.25) is 0 Å². The Kier molecular flexibility index (Phi) is 2.96. The van der Waals surface area contributed by atoms with Crippen molar-refractivity contribution in [2.75, 3.05) is 5.73 Å². The summed E-state index contributed by atoms with van der Waals surface area (Å²) in [5, 5.41) is 0.938. The van der Waals surface area contributed by atoms with E-state index in [9.17, 15) is 0 Å². The summed E-state index contributed by atoms with van der Waals surface area (Å²) < 4.78 is 0. The highest BCUT2D eigenvalue weighted by molar-refractivity contribution is 7.99. The Morgan fingerprint density at radius 3 is 2.56 bits per heavy atom. The van der Waals surface area contributed by atoms with Gasteiger partial charge in [0, 0.05) is 16.9 Å². The van der Waals surface area contributed by atoms with Gasteiger partial charge in [-0.2, -0.15) is 0 Å². The smallest absolute Gasteiger partial charge is 0.135 e. The van der Waals surface area contributed by atoms with Gasteiger partial charge in [-0.1, -0.05) is 29.5 Å². The van der Waals surface area contributed by atoms with E-state index in [2.05, 4.69) is 41.2 Å². The number of nitrogens with zero attached hydrogens (tertiary/aromatic N) is 2. The van der Waals surface area contributed by atoms with Crippen molar-refractivity contribution in [1.82, 2.24) is 9.97 Å². The summed E-state index contributed by atoms with van der Waals surface area (Å²) in [6, 6.07) is 10.3. The van der Waals surface area contributed by atoms with Gasteiger partial charge in [0.15, 0.2) is 0 Å². The van der Waals surface area contributed by atoms with E-state index in [1.165, 1.54) is 23.3 Å². The normalized spacial score (nSPS) is 14.7. The maximum absolute atomic E-state index is 5.84. The molecule has 1 saturated carbocycles. The quantitative estimate of drug-likeness (QED) is 0.856. The molecule has 1 aliphatic carbocycles. The van der Waals surface area contributed by atoms with Crippen molar-refractivity contribution in [3.8, 4) is 0 Å². The number of hydrogen-bond acceptors (Lipinski definition) is 4. The molecule has 0 unspecified atom stereocenters. The topological polar surface area (TPSA) is 51.8 Å². The van der Waals surface area contributed by atoms with Crippen LogP contribution in [0.3, 0.4) is 0 Å². The molecule has 0 amide bonds. The van der Waals surface area contributed by atoms with E-state index in [4.69, 9.17) is 5.73 Å². The highest BCUT2D eigenvalue weighted by Crippen LogP contribution is 2.39. The number of nitrogen functional groups attached to an aromatic ring is 1. The van der Waals surface area contributed by atoms with Crippen molar-refractivity contribution in [2.24, 2.45) is 0 Å². The van der Waals surface area contributed by atoms with Crippen LogP contribution in [0.1, 0.15) is 30.1 Å². The lowest BCUT2D eigenvalue weighted by atomic mass is 10.2. The molecule has 1 heterocycles. The Balaban J connectivity index is 1.85. The van der Waals surface area contributed by atoms with Crippen LogP contribution in [-0.2, 0) is 0 Å². The molecular formula is C14H15N3S. The average molecular weight is 257 g/mol. The van der Waals surface area contributed by atoms with Crippen molar-refractivity contribution in [3.63, 3.8) is 0 Å². The lowest BCUT2D eigenvalue weighted by molar-refractivity contribution is 0.884. The zero-order valence-electron chi connectivity index (χ0n) is 10.3. The van der Waals surface area contributed by atoms with Gasteiger partial charge < -0.3 is 5.73 Å². The first-order valence-corrected chi connectivity index (χ1v) is 6.91. The van der Waals surface area contributed by atoms with Gasteiger partial charge >= 0.3 is 0 Å². The van der Waals surface area contributed by atoms with E-state index in [1.54, 1.807) is 11.8 Å². The molecule has 1 aromatic carbocycles. The maximum atomic E-state index is 5.84. The zero-order valence-corrected chi connectivity index (χ0v) is 11.1. The first-order chi connectivity index (χ1) is 8.70. The van der Waals surface area contributed by atoms with Crippen molar-refractivity contribution in [1.29, 1.82) is 0 Å². The number of aromatic nitrogens is 2. The summed E-state index contributed by atoms with van der Waals surface area (Å²) in [7, 11) is 0. The molecule has 3 rings (SSSR count). The molecule has 0 spiro atoms. The predicted molar refractivity (Wildman–Crippen MR) is 73.7 cm³/mol. The summed E-state index contributed by atoms with van der Waals surface area (Å²) in [4.78, 5) is 10.1. The predicted octanol–water partition coefficient (Wildman–Crippen LogP) is 3.40. The largest absolute Gasteiger partial charge is 0.384 e. The minimum Gasteiger partial charge on any atom is -0.384 e. The second-order valence-corrected chi connectivity index (χ2v) is 5.77. The van der Waals surface area contributed by atoms with Gasteiger partial charge in [-0.3, -0.25) is 0 Å². The molecule has 1 fully saturated rings. The highest BCUT2D eigenvalue weighted by Gasteiger charge is 2.27. The zero-order chi connectivity index (χ0) is 12.5. The molecule has 0 saturated heterocycles. The van der Waals surface area contributed by atoms with Crippen molar-refractivity contribution in [2.45, 2.75) is 35.6 Å². The van der Waals surface area contributed by atoms with Crippen LogP contribution in [0.25, 0.3) is 0 Å². The van der Waals surface area contributed by atoms with Crippen LogP contribution in [0.5, 0.6) is 0 Å². The Morgan fingerprint density at radius 2 is 1.89 bits per heavy atom. The molecule has 2 aromatic rings. The van der Waals surface area contributed by atoms with Gasteiger partial charge in [0.2, 0.25) is 0 Å². The number of hydrogen-bond donors (Lipinski definition) is 1. The van der Waals surface area contributed by atoms with Crippen molar-refractivity contribution in [3.05, 3.63) is 41.7 Å². The minimum absolute atomic E-state index is 0.533. The van der Waals surface area contributed by atoms with Crippen LogP contribution < -0.4 is 5.73 Å². The van der Waals surface area contributed by atoms with Crippen molar-refractivity contribution >= 4 is 17.6 Å². The Morgan fingerprint density at radius 1 is 1.17 bits per heavy atom. The van der Waals surface area contributed by atoms with Gasteiger partial charge in [0.05, 0.1) is 0 Å². The molecule has 3 nitrogen and oxygen atoms in total. The molecule has 1 aromatic heterocycles. The van der Waals surface area contributed by atoms with Crippen LogP contribution in [-0.4, -0.2) is 9.97 Å². The third-order valence-electron chi connectivity index (χ3n) is 2.93. The van der Waals surface area contributed by atoms with E-state index >= 15 is 0 Å². The molecule has 2 N–H and O–H groups in total. The monoisotopic (exact) mass is 257 g/mol. The van der Waals surface area contributed by atoms with Gasteiger partial charge in [0.1, 0.15) is 16.7 Å². The SMILES string of the molecule is Cc1ccc(Sc2cc(N)nc(C3CC3)n2)cc1. The van der Waals surface area contributed by atoms with E-state index in [0.717, 1.165) is 10.9 Å². The molecular weight excluding hydrogens is 242 g/mol. The molecule has 0 aliphatic heterocycles. The van der Waals surface area contributed by atoms with Gasteiger partial charge in [-0.05, 0) is 31.9 Å². The molecule has 0 radical (unpaired) electrons. The van der Waals surface area contributed by atoms with E-state index in [-0.39, 0.29) is 0 Å². The second kappa shape index (κ2) is 4.61. The van der Waals surface area contributed by atoms with Crippen LogP contribution in [0.4, 0.5) is 5.82 Å². The molecule has 18 heavy (non-hydrogen) atoms. The second-order valence-electron chi connectivity index (χ2n) is 4.68. The summed E-state index contributed by atoms with van der Waals surface area (Å²) in [6.45, 7) is 2.09. The molecule has 4 heteroatoms. The fourth-order valence-corrected chi connectivity index (χ4v) is 2.60. The van der Waals surface area contributed by atoms with Crippen molar-refractivity contribution < 1.29 is 0 Å². The highest BCUT2D eigenvalue weighted by atomic mass is 32.2. The van der Waals surface area contributed by atoms with Crippen LogP contribution >= 0.6 is 11.8 Å². The fourth-order valence-electron chi connectivity index (χ4n) is 1.76. The maximum Gasteiger partial charge on any atom is 0.135 e. The van der Waals surface area contributed by atoms with E-state index < -0.39 is 0 Å². The number of aryl methyl sites for hydroxylation is 1. The molecule has 1 aliphatic rings. The Bertz CT molecular complexity index is 562. The molecule has 0 bridgehead atoms.